The van der Waals surface area contributed by atoms with Crippen LogP contribution >= 0.6 is 0 Å². The number of nitrogens with zero attached hydrogens (tertiary/aromatic N) is 7. The van der Waals surface area contributed by atoms with Crippen LogP contribution in [0.15, 0.2) is 250 Å². The van der Waals surface area contributed by atoms with Crippen molar-refractivity contribution in [3.8, 4) is 33.9 Å². The SMILES string of the molecule is CCc1ccc(C(=O)O)cc1S(=O)(=O)Cc1cc(C(F)(F)F)ccc1-n1cccn1.CCc1ccc(C(=O)O)cc1S(=O)(=O)Cc1cc(C(F)(F)F)ccc1-n1cncn1.CCc1ccc(C(=O)O)cc1S(=O)(=O)Cc1cc(S(C)(=O)=O)ccc1-c1ccccc1.COc1ccc(C(=O)O)cc1S(=O)(=O)Cc1cc(C(F)(F)F)ccc1-n1cccn1. The van der Waals surface area contributed by atoms with Crippen molar-refractivity contribution >= 4 is 73.1 Å². The molecular formula is C81H70F9N7O19S5. The molecule has 0 amide bonds. The molecule has 0 atom stereocenters. The van der Waals surface area contributed by atoms with Gasteiger partial charge in [-0.3, -0.25) is 0 Å². The number of aryl methyl sites for hydroxylation is 3. The summed E-state index contributed by atoms with van der Waals surface area (Å²) in [6.45, 7) is 5.18. The molecule has 0 fully saturated rings. The van der Waals surface area contributed by atoms with Crippen LogP contribution in [-0.4, -0.2) is 134 Å². The van der Waals surface area contributed by atoms with Crippen LogP contribution < -0.4 is 4.74 Å². The van der Waals surface area contributed by atoms with Crippen LogP contribution in [0.4, 0.5) is 39.5 Å². The Labute approximate surface area is 686 Å². The zero-order chi connectivity index (χ0) is 89.1. The first-order valence-corrected chi connectivity index (χ1v) is 43.9. The number of halogens is 9. The molecule has 0 unspecified atom stereocenters. The number of sulfone groups is 5. The fourth-order valence-corrected chi connectivity index (χ4v) is 19.7. The van der Waals surface area contributed by atoms with E-state index in [1.54, 1.807) is 32.9 Å². The molecule has 9 aromatic carbocycles. The Morgan fingerprint density at radius 2 is 0.727 bits per heavy atom. The number of carboxylic acid groups (broad SMARTS) is 4. The van der Waals surface area contributed by atoms with Crippen molar-refractivity contribution in [2.24, 2.45) is 0 Å². The molecule has 0 saturated heterocycles. The molecule has 40 heteroatoms. The van der Waals surface area contributed by atoms with Crippen LogP contribution in [0.3, 0.4) is 0 Å². The van der Waals surface area contributed by atoms with Crippen LogP contribution in [0.25, 0.3) is 28.2 Å². The Morgan fingerprint density at radius 3 is 1.04 bits per heavy atom. The van der Waals surface area contributed by atoms with Gasteiger partial charge in [-0.15, -0.1) is 0 Å². The highest BCUT2D eigenvalue weighted by Crippen LogP contribution is 2.39. The number of hydrogen-bond donors (Lipinski definition) is 4. The first-order chi connectivity index (χ1) is 56.6. The number of aromatic nitrogens is 7. The van der Waals surface area contributed by atoms with Crippen molar-refractivity contribution in [1.82, 2.24) is 34.3 Å². The molecule has 12 aromatic rings. The summed E-state index contributed by atoms with van der Waals surface area (Å²) in [5, 5.41) is 48.6. The molecule has 26 nitrogen and oxygen atoms in total. The second-order valence-corrected chi connectivity index (χ2v) is 36.2. The molecule has 121 heavy (non-hydrogen) atoms. The van der Waals surface area contributed by atoms with Crippen molar-refractivity contribution in [3.63, 3.8) is 0 Å². The number of aromatic carboxylic acids is 4. The Hall–Kier alpha value is -12.7. The average Bonchev–Trinajstić information content (AvgIpc) is 1.37. The maximum Gasteiger partial charge on any atom is 0.416 e. The highest BCUT2D eigenvalue weighted by molar-refractivity contribution is 7.92. The van der Waals surface area contributed by atoms with Crippen LogP contribution in [-0.2, 0) is 110 Å². The minimum Gasteiger partial charge on any atom is -0.495 e. The fraction of sp³-hybridized carbons (Fsp3) is 0.185. The zero-order valence-corrected chi connectivity index (χ0v) is 67.9. The van der Waals surface area contributed by atoms with Crippen LogP contribution in [0.5, 0.6) is 5.75 Å². The lowest BCUT2D eigenvalue weighted by molar-refractivity contribution is -0.138. The molecule has 0 aliphatic carbocycles. The van der Waals surface area contributed by atoms with Gasteiger partial charge in [-0.05, 0) is 203 Å². The third-order valence-electron chi connectivity index (χ3n) is 18.2. The van der Waals surface area contributed by atoms with Gasteiger partial charge in [0.2, 0.25) is 0 Å². The Bertz CT molecular complexity index is 6030. The maximum absolute atomic E-state index is 13.4. The number of carbonyl (C=O) groups is 4. The van der Waals surface area contributed by atoms with E-state index in [0.717, 1.165) is 84.6 Å². The first kappa shape index (κ1) is 92.2. The monoisotopic (exact) mass is 1780 g/mol. The quantitative estimate of drug-likeness (QED) is 0.0386. The van der Waals surface area contributed by atoms with Crippen molar-refractivity contribution in [2.75, 3.05) is 13.4 Å². The third kappa shape index (κ3) is 22.8. The molecule has 4 N–H and O–H groups in total. The summed E-state index contributed by atoms with van der Waals surface area (Å²) in [5.41, 5.74) is -0.893. The second-order valence-electron chi connectivity index (χ2n) is 26.4. The van der Waals surface area contributed by atoms with E-state index >= 15 is 0 Å². The second kappa shape index (κ2) is 37.3. The predicted molar refractivity (Wildman–Crippen MR) is 420 cm³/mol. The predicted octanol–water partition coefficient (Wildman–Crippen LogP) is 15.2. The Balaban J connectivity index is 0.000000183. The molecule has 0 spiro atoms. The van der Waals surface area contributed by atoms with E-state index in [1.165, 1.54) is 131 Å². The standard InChI is InChI=1S/C23H22O6S2.C20H17F3N2O4S.C19H16F3N3O4S.C19H15F3N2O5S/c1-3-16-9-10-18(23(24)25)14-22(16)31(28,29)15-19-13-20(30(2,26)27)11-12-21(19)17-7-5-4-6-8-17;1-2-13-4-5-14(19(26)27)11-18(13)30(28,29)12-15-10-16(20(21,22)23)6-7-17(15)25-9-3-8-24-25;1-2-12-3-4-13(18(26)27)8-17(12)30(28,29)9-14-7-15(19(20,21)22)5-6-16(14)25-11-23-10-24-25;1-29-16-6-3-12(18(25)26)10-17(16)30(27,28)11-13-9-14(19(20,21)22)4-5-15(13)24-8-2-7-23-24/h4-14H,3,15H2,1-2H3,(H,24,25);3-11H,2,12H2,1H3,(H,26,27);3-8,10-11H,2,9H2,1H3,(H,26,27);2-10H,11H2,1H3,(H,25,26). The van der Waals surface area contributed by atoms with Gasteiger partial charge in [0.15, 0.2) is 49.2 Å². The summed E-state index contributed by atoms with van der Waals surface area (Å²) in [4.78, 5) is 48.0. The van der Waals surface area contributed by atoms with Gasteiger partial charge in [-0.1, -0.05) is 75.4 Å². The minimum atomic E-state index is -4.68. The topological polar surface area (TPSA) is 395 Å². The van der Waals surface area contributed by atoms with Gasteiger partial charge in [0, 0.05) is 31.0 Å². The molecule has 0 radical (unpaired) electrons. The number of rotatable bonds is 25. The lowest BCUT2D eigenvalue weighted by atomic mass is 10.0. The normalized spacial score (nSPS) is 12.0. The van der Waals surface area contributed by atoms with E-state index < -0.39 is 136 Å². The average molecular weight is 1780 g/mol. The lowest BCUT2D eigenvalue weighted by Crippen LogP contribution is -2.14. The van der Waals surface area contributed by atoms with Crippen molar-refractivity contribution in [1.29, 1.82) is 0 Å². The third-order valence-corrected chi connectivity index (χ3v) is 26.2. The van der Waals surface area contributed by atoms with Gasteiger partial charge in [0.1, 0.15) is 23.3 Å². The van der Waals surface area contributed by atoms with Gasteiger partial charge in [0.05, 0.1) is 106 Å². The Kier molecular flexibility index (Phi) is 28.4. The van der Waals surface area contributed by atoms with E-state index in [0.29, 0.717) is 47.1 Å². The van der Waals surface area contributed by atoms with E-state index in [2.05, 4.69) is 20.3 Å². The van der Waals surface area contributed by atoms with E-state index in [9.17, 15) is 116 Å². The maximum atomic E-state index is 13.4. The molecule has 0 aliphatic rings. The minimum absolute atomic E-state index is 0.0207. The van der Waals surface area contributed by atoms with E-state index in [4.69, 9.17) is 9.84 Å². The summed E-state index contributed by atoms with van der Waals surface area (Å²) in [7, 11) is -18.9. The zero-order valence-electron chi connectivity index (χ0n) is 63.8. The molecule has 0 bridgehead atoms. The largest absolute Gasteiger partial charge is 0.495 e. The number of ether oxygens (including phenoxy) is 1. The lowest BCUT2D eigenvalue weighted by Gasteiger charge is -2.15. The number of methoxy groups -OCH3 is 1. The molecule has 0 aliphatic heterocycles. The van der Waals surface area contributed by atoms with Crippen LogP contribution in [0, 0.1) is 0 Å². The summed E-state index contributed by atoms with van der Waals surface area (Å²) in [6.07, 6.45) is -3.75. The Morgan fingerprint density at radius 1 is 0.380 bits per heavy atom. The van der Waals surface area contributed by atoms with E-state index in [1.807, 2.05) is 30.3 Å². The summed E-state index contributed by atoms with van der Waals surface area (Å²) >= 11 is 0. The highest BCUT2D eigenvalue weighted by atomic mass is 32.2. The number of carboxylic acids is 4. The van der Waals surface area contributed by atoms with Crippen molar-refractivity contribution in [3.05, 3.63) is 303 Å². The molecule has 636 valence electrons. The van der Waals surface area contributed by atoms with Crippen molar-refractivity contribution in [2.45, 2.75) is 106 Å². The number of alkyl halides is 9. The van der Waals surface area contributed by atoms with Gasteiger partial charge in [-0.2, -0.15) is 54.8 Å². The van der Waals surface area contributed by atoms with Gasteiger partial charge in [-0.25, -0.2) is 80.3 Å². The number of benzene rings is 9. The molecule has 3 aromatic heterocycles. The summed E-state index contributed by atoms with van der Waals surface area (Å²) < 4.78 is 257. The van der Waals surface area contributed by atoms with Gasteiger partial charge >= 0.3 is 42.4 Å². The number of hydrogen-bond acceptors (Lipinski definition) is 19. The molecular weight excluding hydrogens is 1710 g/mol. The molecule has 0 saturated carbocycles. The smallest absolute Gasteiger partial charge is 0.416 e. The van der Waals surface area contributed by atoms with Crippen LogP contribution in [0.2, 0.25) is 0 Å². The molecule has 3 heterocycles. The van der Waals surface area contributed by atoms with Crippen LogP contribution in [0.1, 0.15) is 118 Å². The molecule has 12 rings (SSSR count). The summed E-state index contributed by atoms with van der Waals surface area (Å²) in [6, 6.07) is 39.5. The first-order valence-electron chi connectivity index (χ1n) is 35.4. The highest BCUT2D eigenvalue weighted by Gasteiger charge is 2.37. The van der Waals surface area contributed by atoms with Crippen molar-refractivity contribution < 1.29 is 126 Å². The summed E-state index contributed by atoms with van der Waals surface area (Å²) in [5.74, 6) is -8.12. The van der Waals surface area contributed by atoms with E-state index in [-0.39, 0.29) is 81.3 Å². The van der Waals surface area contributed by atoms with Gasteiger partial charge in [0.25, 0.3) is 0 Å². The van der Waals surface area contributed by atoms with Gasteiger partial charge < -0.3 is 25.2 Å². The fourth-order valence-electron chi connectivity index (χ4n) is 12.3.